The third kappa shape index (κ3) is 2.23. The van der Waals surface area contributed by atoms with Gasteiger partial charge in [0.1, 0.15) is 0 Å². The second kappa shape index (κ2) is 4.68. The summed E-state index contributed by atoms with van der Waals surface area (Å²) < 4.78 is 0. The second-order valence-electron chi connectivity index (χ2n) is 5.87. The third-order valence-corrected chi connectivity index (χ3v) is 3.86. The van der Waals surface area contributed by atoms with Crippen LogP contribution in [-0.2, 0) is 0 Å². The van der Waals surface area contributed by atoms with Crippen LogP contribution < -0.4 is 0 Å². The monoisotopic (exact) mass is 274 g/mol. The Balaban J connectivity index is 1.55. The van der Waals surface area contributed by atoms with Gasteiger partial charge in [-0.25, -0.2) is 0 Å². The molecule has 5 nitrogen and oxygen atoms in total. The van der Waals surface area contributed by atoms with E-state index in [0.717, 1.165) is 13.0 Å². The first kappa shape index (κ1) is 13.3. The molecule has 3 rings (SSSR count). The lowest BCUT2D eigenvalue weighted by atomic mass is 9.97. The highest BCUT2D eigenvalue weighted by Crippen LogP contribution is 2.23. The minimum atomic E-state index is -0.574. The van der Waals surface area contributed by atoms with E-state index in [1.165, 1.54) is 4.90 Å². The average Bonchev–Trinajstić information content (AvgIpc) is 2.62. The van der Waals surface area contributed by atoms with Crippen molar-refractivity contribution in [1.29, 1.82) is 0 Å². The van der Waals surface area contributed by atoms with Crippen molar-refractivity contribution in [2.45, 2.75) is 18.9 Å². The normalized spacial score (nSPS) is 21.0. The lowest BCUT2D eigenvalue weighted by molar-refractivity contribution is -0.0835. The predicted molar refractivity (Wildman–Crippen MR) is 73.5 cm³/mol. The average molecular weight is 274 g/mol. The number of aliphatic hydroxyl groups is 1. The standard InChI is InChI=1S/C15H18N2O3/c1-15(20)9-16(10-15)7-4-8-17-13(18)11-5-2-3-6-12(11)14(17)19/h2-3,5-6,20H,4,7-10H2,1H3. The van der Waals surface area contributed by atoms with E-state index in [9.17, 15) is 14.7 Å². The van der Waals surface area contributed by atoms with Gasteiger partial charge < -0.3 is 5.11 Å². The first-order valence-corrected chi connectivity index (χ1v) is 6.88. The van der Waals surface area contributed by atoms with Crippen molar-refractivity contribution in [2.75, 3.05) is 26.2 Å². The molecule has 5 heteroatoms. The van der Waals surface area contributed by atoms with Gasteiger partial charge in [0.25, 0.3) is 11.8 Å². The number of likely N-dealkylation sites (tertiary alicyclic amines) is 1. The molecule has 0 aromatic heterocycles. The highest BCUT2D eigenvalue weighted by Gasteiger charge is 2.37. The van der Waals surface area contributed by atoms with Crippen molar-refractivity contribution in [1.82, 2.24) is 9.80 Å². The van der Waals surface area contributed by atoms with Crippen LogP contribution >= 0.6 is 0 Å². The summed E-state index contributed by atoms with van der Waals surface area (Å²) in [5, 5.41) is 9.64. The number of benzene rings is 1. The van der Waals surface area contributed by atoms with E-state index in [0.29, 0.717) is 30.8 Å². The number of hydrogen-bond acceptors (Lipinski definition) is 4. The molecule has 20 heavy (non-hydrogen) atoms. The SMILES string of the molecule is CC1(O)CN(CCCN2C(=O)c3ccccc3C2=O)C1. The summed E-state index contributed by atoms with van der Waals surface area (Å²) in [5.74, 6) is -0.387. The Morgan fingerprint density at radius 3 is 2.15 bits per heavy atom. The summed E-state index contributed by atoms with van der Waals surface area (Å²) in [6, 6.07) is 6.94. The largest absolute Gasteiger partial charge is 0.388 e. The van der Waals surface area contributed by atoms with Gasteiger partial charge in [0.2, 0.25) is 0 Å². The van der Waals surface area contributed by atoms with Gasteiger partial charge in [0.05, 0.1) is 16.7 Å². The quantitative estimate of drug-likeness (QED) is 0.823. The molecule has 1 aromatic rings. The zero-order chi connectivity index (χ0) is 14.3. The lowest BCUT2D eigenvalue weighted by Crippen LogP contribution is -2.60. The minimum absolute atomic E-state index is 0.193. The van der Waals surface area contributed by atoms with Crippen molar-refractivity contribution >= 4 is 11.8 Å². The van der Waals surface area contributed by atoms with E-state index in [-0.39, 0.29) is 11.8 Å². The fourth-order valence-corrected chi connectivity index (χ4v) is 2.97. The number of carbonyl (C=O) groups excluding carboxylic acids is 2. The summed E-state index contributed by atoms with van der Waals surface area (Å²) in [4.78, 5) is 27.7. The van der Waals surface area contributed by atoms with Gasteiger partial charge in [-0.2, -0.15) is 0 Å². The number of hydrogen-bond donors (Lipinski definition) is 1. The van der Waals surface area contributed by atoms with E-state index in [1.807, 2.05) is 6.92 Å². The van der Waals surface area contributed by atoms with Gasteiger partial charge in [-0.3, -0.25) is 19.4 Å². The van der Waals surface area contributed by atoms with Crippen LogP contribution in [0.1, 0.15) is 34.1 Å². The van der Waals surface area contributed by atoms with Crippen LogP contribution in [0.3, 0.4) is 0 Å². The van der Waals surface area contributed by atoms with Crippen molar-refractivity contribution in [3.05, 3.63) is 35.4 Å². The van der Waals surface area contributed by atoms with Crippen LogP contribution in [0, 0.1) is 0 Å². The van der Waals surface area contributed by atoms with Gasteiger partial charge in [-0.05, 0) is 25.5 Å². The molecule has 0 unspecified atom stereocenters. The molecular weight excluding hydrogens is 256 g/mol. The number of fused-ring (bicyclic) bond motifs is 1. The Morgan fingerprint density at radius 2 is 1.65 bits per heavy atom. The molecular formula is C15H18N2O3. The molecule has 0 atom stereocenters. The molecule has 1 saturated heterocycles. The maximum absolute atomic E-state index is 12.1. The summed E-state index contributed by atoms with van der Waals surface area (Å²) in [6.45, 7) is 4.37. The summed E-state index contributed by atoms with van der Waals surface area (Å²) in [7, 11) is 0. The van der Waals surface area contributed by atoms with Gasteiger partial charge in [0.15, 0.2) is 0 Å². The third-order valence-electron chi connectivity index (χ3n) is 3.86. The zero-order valence-corrected chi connectivity index (χ0v) is 11.5. The molecule has 1 N–H and O–H groups in total. The van der Waals surface area contributed by atoms with E-state index in [4.69, 9.17) is 0 Å². The first-order chi connectivity index (χ1) is 9.48. The first-order valence-electron chi connectivity index (χ1n) is 6.88. The van der Waals surface area contributed by atoms with Crippen LogP contribution in [0.2, 0.25) is 0 Å². The number of β-amino-alcohol motifs (C(OH)–C–C–N with tert-alkyl or cyclic N) is 1. The molecule has 0 spiro atoms. The summed E-state index contributed by atoms with van der Waals surface area (Å²) in [6.07, 6.45) is 0.738. The van der Waals surface area contributed by atoms with Crippen LogP contribution in [0.5, 0.6) is 0 Å². The Labute approximate surface area is 117 Å². The van der Waals surface area contributed by atoms with Crippen LogP contribution in [0.4, 0.5) is 0 Å². The molecule has 0 aliphatic carbocycles. The molecule has 0 radical (unpaired) electrons. The highest BCUT2D eigenvalue weighted by atomic mass is 16.3. The fourth-order valence-electron chi connectivity index (χ4n) is 2.97. The Hall–Kier alpha value is -1.72. The zero-order valence-electron chi connectivity index (χ0n) is 11.5. The number of carbonyl (C=O) groups is 2. The Morgan fingerprint density at radius 1 is 1.10 bits per heavy atom. The van der Waals surface area contributed by atoms with Crippen molar-refractivity contribution in [3.8, 4) is 0 Å². The smallest absolute Gasteiger partial charge is 0.261 e. The number of rotatable bonds is 4. The summed E-state index contributed by atoms with van der Waals surface area (Å²) in [5.41, 5.74) is 0.434. The molecule has 2 aliphatic rings. The van der Waals surface area contributed by atoms with E-state index >= 15 is 0 Å². The minimum Gasteiger partial charge on any atom is -0.388 e. The fraction of sp³-hybridized carbons (Fsp3) is 0.467. The topological polar surface area (TPSA) is 60.9 Å². The van der Waals surface area contributed by atoms with Gasteiger partial charge in [-0.1, -0.05) is 12.1 Å². The van der Waals surface area contributed by atoms with Crippen LogP contribution in [0.25, 0.3) is 0 Å². The predicted octanol–water partition coefficient (Wildman–Crippen LogP) is 0.739. The number of imide groups is 1. The molecule has 1 aromatic carbocycles. The van der Waals surface area contributed by atoms with Crippen LogP contribution in [-0.4, -0.2) is 58.5 Å². The van der Waals surface area contributed by atoms with E-state index in [1.54, 1.807) is 24.3 Å². The Kier molecular flexibility index (Phi) is 3.11. The molecule has 2 heterocycles. The molecule has 2 aliphatic heterocycles. The molecule has 0 saturated carbocycles. The number of amides is 2. The molecule has 2 amide bonds. The van der Waals surface area contributed by atoms with Crippen molar-refractivity contribution < 1.29 is 14.7 Å². The highest BCUT2D eigenvalue weighted by molar-refractivity contribution is 6.21. The van der Waals surface area contributed by atoms with E-state index in [2.05, 4.69) is 4.90 Å². The summed E-state index contributed by atoms with van der Waals surface area (Å²) >= 11 is 0. The van der Waals surface area contributed by atoms with Crippen molar-refractivity contribution in [2.24, 2.45) is 0 Å². The molecule has 0 bridgehead atoms. The molecule has 106 valence electrons. The van der Waals surface area contributed by atoms with Gasteiger partial charge >= 0.3 is 0 Å². The van der Waals surface area contributed by atoms with Gasteiger partial charge in [-0.15, -0.1) is 0 Å². The maximum Gasteiger partial charge on any atom is 0.261 e. The Bertz CT molecular complexity index is 525. The molecule has 1 fully saturated rings. The van der Waals surface area contributed by atoms with E-state index < -0.39 is 5.60 Å². The maximum atomic E-state index is 12.1. The number of nitrogens with zero attached hydrogens (tertiary/aromatic N) is 2. The van der Waals surface area contributed by atoms with Crippen LogP contribution in [0.15, 0.2) is 24.3 Å². The van der Waals surface area contributed by atoms with Gasteiger partial charge in [0, 0.05) is 26.2 Å². The lowest BCUT2D eigenvalue weighted by Gasteiger charge is -2.44. The van der Waals surface area contributed by atoms with Crippen molar-refractivity contribution in [3.63, 3.8) is 0 Å². The second-order valence-corrected chi connectivity index (χ2v) is 5.87.